The quantitative estimate of drug-likeness (QED) is 0.754. The summed E-state index contributed by atoms with van der Waals surface area (Å²) < 4.78 is 27.8. The minimum absolute atomic E-state index is 0.107. The number of amidine groups is 1. The molecule has 152 valence electrons. The van der Waals surface area contributed by atoms with Gasteiger partial charge in [0.1, 0.15) is 0 Å². The summed E-state index contributed by atoms with van der Waals surface area (Å²) in [4.78, 5) is 18.3. The fourth-order valence-electron chi connectivity index (χ4n) is 4.23. The number of sulfonamides is 1. The maximum atomic E-state index is 13.5. The van der Waals surface area contributed by atoms with Crippen LogP contribution in [0.3, 0.4) is 0 Å². The van der Waals surface area contributed by atoms with E-state index >= 15 is 0 Å². The normalized spacial score (nSPS) is 19.3. The molecule has 0 bridgehead atoms. The maximum absolute atomic E-state index is 13.5. The third-order valence-electron chi connectivity index (χ3n) is 5.90. The number of amides is 1. The lowest BCUT2D eigenvalue weighted by Gasteiger charge is -2.40. The molecule has 1 spiro atoms. The van der Waals surface area contributed by atoms with Gasteiger partial charge in [-0.1, -0.05) is 66.8 Å². The molecule has 6 heteroatoms. The highest BCUT2D eigenvalue weighted by atomic mass is 32.2. The van der Waals surface area contributed by atoms with Crippen molar-refractivity contribution in [2.75, 3.05) is 0 Å². The number of aryl methyl sites for hydroxylation is 2. The Morgan fingerprint density at radius 2 is 1.41 bits per heavy atom. The summed E-state index contributed by atoms with van der Waals surface area (Å²) in [5.74, 6) is -0.137. The summed E-state index contributed by atoms with van der Waals surface area (Å²) in [6.45, 7) is 3.87. The van der Waals surface area contributed by atoms with Crippen LogP contribution in [-0.2, 0) is 14.8 Å². The molecule has 1 aliphatic heterocycles. The first-order valence-corrected chi connectivity index (χ1v) is 11.6. The van der Waals surface area contributed by atoms with Crippen LogP contribution in [0.2, 0.25) is 0 Å². The SMILES string of the molecule is Cc1ccc(C2=NC3(CCCCC3)CC(=O)N2S(=O)(=O)c2ccc(C)cc2)cc1. The molecule has 0 unspecified atom stereocenters. The van der Waals surface area contributed by atoms with Crippen LogP contribution in [0, 0.1) is 13.8 Å². The van der Waals surface area contributed by atoms with E-state index in [9.17, 15) is 13.2 Å². The molecule has 0 aromatic heterocycles. The average molecular weight is 411 g/mol. The number of carbonyl (C=O) groups excluding carboxylic acids is 1. The van der Waals surface area contributed by atoms with Crippen LogP contribution in [0.25, 0.3) is 0 Å². The van der Waals surface area contributed by atoms with Crippen molar-refractivity contribution >= 4 is 21.8 Å². The largest absolute Gasteiger partial charge is 0.273 e. The van der Waals surface area contributed by atoms with Gasteiger partial charge >= 0.3 is 0 Å². The molecule has 0 N–H and O–H groups in total. The van der Waals surface area contributed by atoms with Crippen molar-refractivity contribution in [1.29, 1.82) is 0 Å². The smallest absolute Gasteiger partial charge is 0.272 e. The summed E-state index contributed by atoms with van der Waals surface area (Å²) in [6.07, 6.45) is 4.97. The Labute approximate surface area is 172 Å². The first-order chi connectivity index (χ1) is 13.8. The van der Waals surface area contributed by atoms with Crippen molar-refractivity contribution in [3.63, 3.8) is 0 Å². The van der Waals surface area contributed by atoms with Crippen molar-refractivity contribution in [2.24, 2.45) is 4.99 Å². The van der Waals surface area contributed by atoms with Crippen LogP contribution in [-0.4, -0.2) is 30.0 Å². The molecule has 4 rings (SSSR count). The van der Waals surface area contributed by atoms with E-state index in [0.717, 1.165) is 47.5 Å². The van der Waals surface area contributed by atoms with Crippen LogP contribution in [0.5, 0.6) is 0 Å². The predicted molar refractivity (Wildman–Crippen MR) is 113 cm³/mol. The van der Waals surface area contributed by atoms with Crippen molar-refractivity contribution in [3.05, 3.63) is 65.2 Å². The Bertz CT molecular complexity index is 1050. The van der Waals surface area contributed by atoms with E-state index in [2.05, 4.69) is 0 Å². The second-order valence-corrected chi connectivity index (χ2v) is 10.0. The fraction of sp³-hybridized carbons (Fsp3) is 0.391. The van der Waals surface area contributed by atoms with Gasteiger partial charge in [0, 0.05) is 5.56 Å². The van der Waals surface area contributed by atoms with Crippen LogP contribution in [0.4, 0.5) is 0 Å². The third kappa shape index (κ3) is 3.73. The molecule has 1 heterocycles. The number of carbonyl (C=O) groups is 1. The predicted octanol–water partition coefficient (Wildman–Crippen LogP) is 4.37. The summed E-state index contributed by atoms with van der Waals surface area (Å²) in [6, 6.07) is 14.1. The maximum Gasteiger partial charge on any atom is 0.272 e. The number of hydrogen-bond acceptors (Lipinski definition) is 4. The van der Waals surface area contributed by atoms with Gasteiger partial charge in [-0.2, -0.15) is 4.31 Å². The standard InChI is InChI=1S/C23H26N2O3S/c1-17-6-10-19(11-7-17)22-24-23(14-4-3-5-15-23)16-21(26)25(22)29(27,28)20-12-8-18(2)9-13-20/h6-13H,3-5,14-16H2,1-2H3. The van der Waals surface area contributed by atoms with Crippen LogP contribution in [0.15, 0.2) is 58.4 Å². The van der Waals surface area contributed by atoms with Gasteiger partial charge in [0.25, 0.3) is 10.0 Å². The van der Waals surface area contributed by atoms with E-state index in [4.69, 9.17) is 4.99 Å². The average Bonchev–Trinajstić information content (AvgIpc) is 2.68. The van der Waals surface area contributed by atoms with Crippen LogP contribution < -0.4 is 0 Å². The molecule has 5 nitrogen and oxygen atoms in total. The van der Waals surface area contributed by atoms with E-state index in [1.54, 1.807) is 24.3 Å². The molecule has 0 atom stereocenters. The summed E-state index contributed by atoms with van der Waals surface area (Å²) >= 11 is 0. The molecular weight excluding hydrogens is 384 g/mol. The molecule has 2 aromatic carbocycles. The van der Waals surface area contributed by atoms with Gasteiger partial charge in [0.2, 0.25) is 5.91 Å². The lowest BCUT2D eigenvalue weighted by molar-refractivity contribution is -0.126. The van der Waals surface area contributed by atoms with E-state index in [0.29, 0.717) is 5.56 Å². The molecule has 0 saturated heterocycles. The van der Waals surface area contributed by atoms with Gasteiger partial charge in [0.15, 0.2) is 5.84 Å². The minimum Gasteiger partial charge on any atom is -0.273 e. The molecule has 1 aliphatic carbocycles. The summed E-state index contributed by atoms with van der Waals surface area (Å²) in [7, 11) is -4.04. The minimum atomic E-state index is -4.04. The molecule has 1 fully saturated rings. The Kier molecular flexibility index (Phi) is 5.07. The van der Waals surface area contributed by atoms with Gasteiger partial charge < -0.3 is 0 Å². The van der Waals surface area contributed by atoms with Crippen LogP contribution >= 0.6 is 0 Å². The number of benzene rings is 2. The molecule has 2 aromatic rings. The molecule has 0 radical (unpaired) electrons. The van der Waals surface area contributed by atoms with Gasteiger partial charge in [0.05, 0.1) is 16.9 Å². The molecule has 1 amide bonds. The second-order valence-electron chi connectivity index (χ2n) is 8.24. The first kappa shape index (κ1) is 19.8. The van der Waals surface area contributed by atoms with Crippen LogP contribution in [0.1, 0.15) is 55.2 Å². The zero-order chi connectivity index (χ0) is 20.6. The topological polar surface area (TPSA) is 66.8 Å². The zero-order valence-corrected chi connectivity index (χ0v) is 17.7. The highest BCUT2D eigenvalue weighted by Gasteiger charge is 2.45. The second kappa shape index (κ2) is 7.41. The van der Waals surface area contributed by atoms with Crippen molar-refractivity contribution in [2.45, 2.75) is 62.8 Å². The summed E-state index contributed by atoms with van der Waals surface area (Å²) in [5, 5.41) is 0. The Morgan fingerprint density at radius 3 is 2.00 bits per heavy atom. The van der Waals surface area contributed by atoms with Gasteiger partial charge in [-0.05, 0) is 38.8 Å². The van der Waals surface area contributed by atoms with Crippen molar-refractivity contribution < 1.29 is 13.2 Å². The highest BCUT2D eigenvalue weighted by Crippen LogP contribution is 2.39. The van der Waals surface area contributed by atoms with Gasteiger partial charge in [-0.25, -0.2) is 8.42 Å². The Morgan fingerprint density at radius 1 is 0.862 bits per heavy atom. The molecule has 29 heavy (non-hydrogen) atoms. The number of aliphatic imine (C=N–C) groups is 1. The Balaban J connectivity index is 1.86. The monoisotopic (exact) mass is 410 g/mol. The van der Waals surface area contributed by atoms with Crippen molar-refractivity contribution in [3.8, 4) is 0 Å². The van der Waals surface area contributed by atoms with E-state index in [1.165, 1.54) is 0 Å². The lowest BCUT2D eigenvalue weighted by atomic mass is 9.78. The number of hydrogen-bond donors (Lipinski definition) is 0. The van der Waals surface area contributed by atoms with E-state index in [-0.39, 0.29) is 17.2 Å². The fourth-order valence-corrected chi connectivity index (χ4v) is 5.62. The van der Waals surface area contributed by atoms with Crippen molar-refractivity contribution in [1.82, 2.24) is 4.31 Å². The molecular formula is C23H26N2O3S. The first-order valence-electron chi connectivity index (χ1n) is 10.1. The van der Waals surface area contributed by atoms with E-state index < -0.39 is 21.5 Å². The zero-order valence-electron chi connectivity index (χ0n) is 16.9. The van der Waals surface area contributed by atoms with Gasteiger partial charge in [-0.15, -0.1) is 0 Å². The number of nitrogens with zero attached hydrogens (tertiary/aromatic N) is 2. The number of rotatable bonds is 3. The molecule has 2 aliphatic rings. The Hall–Kier alpha value is -2.47. The third-order valence-corrected chi connectivity index (χ3v) is 7.62. The molecule has 1 saturated carbocycles. The van der Waals surface area contributed by atoms with E-state index in [1.807, 2.05) is 38.1 Å². The highest BCUT2D eigenvalue weighted by molar-refractivity contribution is 7.90. The van der Waals surface area contributed by atoms with Gasteiger partial charge in [-0.3, -0.25) is 9.79 Å². The lowest BCUT2D eigenvalue weighted by Crippen LogP contribution is -2.51. The summed E-state index contributed by atoms with van der Waals surface area (Å²) in [5.41, 5.74) is 2.21.